The fourth-order valence-electron chi connectivity index (χ4n) is 1.33. The van der Waals surface area contributed by atoms with Crippen LogP contribution in [-0.4, -0.2) is 19.2 Å². The minimum atomic E-state index is -0.885. The monoisotopic (exact) mass is 244 g/mol. The molecule has 1 atom stereocenters. The van der Waals surface area contributed by atoms with Crippen molar-refractivity contribution in [3.05, 3.63) is 35.4 Å². The Balaban J connectivity index is 2.44. The molecular weight excluding hydrogens is 230 g/mol. The number of nitrogens with two attached hydrogens (primary N) is 1. The summed E-state index contributed by atoms with van der Waals surface area (Å²) < 4.78 is 30.1. The molecule has 0 heterocycles. The fourth-order valence-corrected chi connectivity index (χ4v) is 1.33. The Morgan fingerprint density at radius 2 is 2.18 bits per heavy atom. The molecule has 0 aromatic heterocycles. The Morgan fingerprint density at radius 3 is 2.76 bits per heavy atom. The number of rotatable bonds is 5. The second kappa shape index (κ2) is 6.15. The van der Waals surface area contributed by atoms with Gasteiger partial charge in [0.1, 0.15) is 6.61 Å². The maximum absolute atomic E-state index is 12.9. The van der Waals surface area contributed by atoms with Gasteiger partial charge in [-0.15, -0.1) is 0 Å². The molecule has 1 aromatic carbocycles. The molecule has 3 N–H and O–H groups in total. The van der Waals surface area contributed by atoms with Crippen LogP contribution in [0.4, 0.5) is 13.6 Å². The third-order valence-electron chi connectivity index (χ3n) is 2.24. The van der Waals surface area contributed by atoms with Crippen molar-refractivity contribution < 1.29 is 18.3 Å². The number of primary amides is 1. The number of benzene rings is 1. The molecule has 0 saturated carbocycles. The van der Waals surface area contributed by atoms with Crippen LogP contribution in [0.15, 0.2) is 18.2 Å². The van der Waals surface area contributed by atoms with Crippen molar-refractivity contribution >= 4 is 6.09 Å². The number of carbonyl (C=O) groups excluding carboxylic acids is 1. The second-order valence-corrected chi connectivity index (χ2v) is 3.52. The van der Waals surface area contributed by atoms with Gasteiger partial charge in [0.25, 0.3) is 0 Å². The van der Waals surface area contributed by atoms with Gasteiger partial charge in [0.15, 0.2) is 11.6 Å². The van der Waals surface area contributed by atoms with E-state index in [1.54, 1.807) is 6.92 Å². The number of carbonyl (C=O) groups is 1. The molecule has 0 radical (unpaired) electrons. The standard InChI is InChI=1S/C11H14F2N2O2/c1-7(15-4-5-17-11(14)16)8-2-3-9(12)10(13)6-8/h2-3,6-7,15H,4-5H2,1H3,(H2,14,16). The summed E-state index contributed by atoms with van der Waals surface area (Å²) in [6, 6.07) is 3.51. The van der Waals surface area contributed by atoms with E-state index >= 15 is 0 Å². The van der Waals surface area contributed by atoms with Crippen molar-refractivity contribution in [3.8, 4) is 0 Å². The highest BCUT2D eigenvalue weighted by molar-refractivity contribution is 5.64. The van der Waals surface area contributed by atoms with Gasteiger partial charge in [-0.3, -0.25) is 0 Å². The average Bonchev–Trinajstić information content (AvgIpc) is 2.27. The molecule has 94 valence electrons. The van der Waals surface area contributed by atoms with Crippen molar-refractivity contribution in [2.24, 2.45) is 5.73 Å². The lowest BCUT2D eigenvalue weighted by molar-refractivity contribution is 0.156. The Hall–Kier alpha value is -1.69. The maximum Gasteiger partial charge on any atom is 0.404 e. The normalized spacial score (nSPS) is 12.2. The zero-order chi connectivity index (χ0) is 12.8. The Labute approximate surface area is 97.8 Å². The molecular formula is C11H14F2N2O2. The van der Waals surface area contributed by atoms with Crippen molar-refractivity contribution in [3.63, 3.8) is 0 Å². The molecule has 1 unspecified atom stereocenters. The molecule has 4 nitrogen and oxygen atoms in total. The summed E-state index contributed by atoms with van der Waals surface area (Å²) in [6.07, 6.45) is -0.840. The highest BCUT2D eigenvalue weighted by Crippen LogP contribution is 2.15. The van der Waals surface area contributed by atoms with E-state index in [9.17, 15) is 13.6 Å². The molecule has 1 aromatic rings. The van der Waals surface area contributed by atoms with Crippen LogP contribution < -0.4 is 11.1 Å². The molecule has 0 aliphatic carbocycles. The van der Waals surface area contributed by atoms with Gasteiger partial charge < -0.3 is 15.8 Å². The van der Waals surface area contributed by atoms with E-state index in [0.29, 0.717) is 12.1 Å². The van der Waals surface area contributed by atoms with Gasteiger partial charge in [-0.1, -0.05) is 6.07 Å². The number of nitrogens with one attached hydrogen (secondary N) is 1. The maximum atomic E-state index is 12.9. The summed E-state index contributed by atoms with van der Waals surface area (Å²) in [6.45, 7) is 2.30. The topological polar surface area (TPSA) is 64.3 Å². The van der Waals surface area contributed by atoms with E-state index in [2.05, 4.69) is 10.1 Å². The van der Waals surface area contributed by atoms with Gasteiger partial charge in [0.05, 0.1) is 0 Å². The molecule has 0 bridgehead atoms. The molecule has 1 rings (SSSR count). The molecule has 0 aliphatic rings. The summed E-state index contributed by atoms with van der Waals surface area (Å²) in [5.74, 6) is -1.76. The molecule has 0 fully saturated rings. The minimum absolute atomic E-state index is 0.128. The first kappa shape index (κ1) is 13.4. The fraction of sp³-hybridized carbons (Fsp3) is 0.364. The number of halogens is 2. The lowest BCUT2D eigenvalue weighted by atomic mass is 10.1. The summed E-state index contributed by atoms with van der Waals surface area (Å²) in [7, 11) is 0. The van der Waals surface area contributed by atoms with Crippen LogP contribution in [0.1, 0.15) is 18.5 Å². The van der Waals surface area contributed by atoms with E-state index in [-0.39, 0.29) is 12.6 Å². The van der Waals surface area contributed by atoms with Crippen molar-refractivity contribution in [1.29, 1.82) is 0 Å². The number of hydrogen-bond acceptors (Lipinski definition) is 3. The molecule has 1 amide bonds. The van der Waals surface area contributed by atoms with Crippen LogP contribution in [0.2, 0.25) is 0 Å². The Kier molecular flexibility index (Phi) is 4.84. The van der Waals surface area contributed by atoms with E-state index in [4.69, 9.17) is 5.73 Å². The first-order chi connectivity index (χ1) is 8.00. The van der Waals surface area contributed by atoms with E-state index in [1.807, 2.05) is 0 Å². The molecule has 6 heteroatoms. The predicted molar refractivity (Wildman–Crippen MR) is 58.3 cm³/mol. The van der Waals surface area contributed by atoms with Crippen molar-refractivity contribution in [2.75, 3.05) is 13.2 Å². The van der Waals surface area contributed by atoms with Gasteiger partial charge in [-0.25, -0.2) is 13.6 Å². The highest BCUT2D eigenvalue weighted by atomic mass is 19.2. The minimum Gasteiger partial charge on any atom is -0.448 e. The number of ether oxygens (including phenoxy) is 1. The van der Waals surface area contributed by atoms with Crippen LogP contribution in [0.3, 0.4) is 0 Å². The van der Waals surface area contributed by atoms with Gasteiger partial charge >= 0.3 is 6.09 Å². The quantitative estimate of drug-likeness (QED) is 0.775. The van der Waals surface area contributed by atoms with E-state index < -0.39 is 17.7 Å². The lowest BCUT2D eigenvalue weighted by Crippen LogP contribution is -2.26. The zero-order valence-corrected chi connectivity index (χ0v) is 9.37. The summed E-state index contributed by atoms with van der Waals surface area (Å²) >= 11 is 0. The average molecular weight is 244 g/mol. The lowest BCUT2D eigenvalue weighted by Gasteiger charge is -2.14. The smallest absolute Gasteiger partial charge is 0.404 e. The van der Waals surface area contributed by atoms with Crippen LogP contribution in [-0.2, 0) is 4.74 Å². The molecule has 17 heavy (non-hydrogen) atoms. The summed E-state index contributed by atoms with van der Waals surface area (Å²) in [4.78, 5) is 10.3. The van der Waals surface area contributed by atoms with Crippen LogP contribution in [0.5, 0.6) is 0 Å². The van der Waals surface area contributed by atoms with Gasteiger partial charge in [0.2, 0.25) is 0 Å². The molecule has 0 saturated heterocycles. The van der Waals surface area contributed by atoms with E-state index in [0.717, 1.165) is 12.1 Å². The van der Waals surface area contributed by atoms with Crippen molar-refractivity contribution in [2.45, 2.75) is 13.0 Å². The third kappa shape index (κ3) is 4.36. The SMILES string of the molecule is CC(NCCOC(N)=O)c1ccc(F)c(F)c1. The Morgan fingerprint density at radius 1 is 1.47 bits per heavy atom. The highest BCUT2D eigenvalue weighted by Gasteiger charge is 2.08. The summed E-state index contributed by atoms with van der Waals surface area (Å²) in [5, 5.41) is 2.98. The molecule has 0 aliphatic heterocycles. The first-order valence-corrected chi connectivity index (χ1v) is 5.11. The van der Waals surface area contributed by atoms with Gasteiger partial charge in [0, 0.05) is 12.6 Å². The van der Waals surface area contributed by atoms with Gasteiger partial charge in [-0.2, -0.15) is 0 Å². The summed E-state index contributed by atoms with van der Waals surface area (Å²) in [5.41, 5.74) is 5.39. The first-order valence-electron chi connectivity index (χ1n) is 5.11. The van der Waals surface area contributed by atoms with Crippen molar-refractivity contribution in [1.82, 2.24) is 5.32 Å². The molecule has 0 spiro atoms. The second-order valence-electron chi connectivity index (χ2n) is 3.52. The number of hydrogen-bond donors (Lipinski definition) is 2. The van der Waals surface area contributed by atoms with Crippen LogP contribution in [0.25, 0.3) is 0 Å². The number of amides is 1. The largest absolute Gasteiger partial charge is 0.448 e. The Bertz CT molecular complexity index is 399. The third-order valence-corrected chi connectivity index (χ3v) is 2.24. The predicted octanol–water partition coefficient (Wildman–Crippen LogP) is 1.71. The van der Waals surface area contributed by atoms with Crippen LogP contribution >= 0.6 is 0 Å². The zero-order valence-electron chi connectivity index (χ0n) is 9.37. The van der Waals surface area contributed by atoms with Crippen LogP contribution in [0, 0.1) is 11.6 Å². The van der Waals surface area contributed by atoms with Gasteiger partial charge in [-0.05, 0) is 24.6 Å². The van der Waals surface area contributed by atoms with E-state index in [1.165, 1.54) is 6.07 Å².